The van der Waals surface area contributed by atoms with Gasteiger partial charge in [0.2, 0.25) is 5.88 Å². The molecule has 0 saturated heterocycles. The van der Waals surface area contributed by atoms with Crippen molar-refractivity contribution in [1.29, 1.82) is 5.26 Å². The van der Waals surface area contributed by atoms with Crippen LogP contribution in [0.5, 0.6) is 5.88 Å². The Kier molecular flexibility index (Phi) is 5.44. The molecule has 0 aliphatic carbocycles. The van der Waals surface area contributed by atoms with Gasteiger partial charge in [-0.1, -0.05) is 0 Å². The lowest BCUT2D eigenvalue weighted by atomic mass is 10.1. The number of nitro groups is 1. The van der Waals surface area contributed by atoms with Crippen molar-refractivity contribution in [3.05, 3.63) is 55.9 Å². The van der Waals surface area contributed by atoms with Crippen LogP contribution >= 0.6 is 0 Å². The van der Waals surface area contributed by atoms with Crippen LogP contribution in [-0.2, 0) is 6.54 Å². The minimum absolute atomic E-state index is 0.115. The van der Waals surface area contributed by atoms with E-state index in [2.05, 4.69) is 10.2 Å². The van der Waals surface area contributed by atoms with Crippen LogP contribution in [0.25, 0.3) is 0 Å². The molecule has 0 bridgehead atoms. The van der Waals surface area contributed by atoms with Crippen LogP contribution in [0.15, 0.2) is 39.3 Å². The van der Waals surface area contributed by atoms with Gasteiger partial charge in [-0.2, -0.15) is 10.4 Å². The lowest BCUT2D eigenvalue weighted by Gasteiger charge is -2.14. The molecular weight excluding hydrogens is 342 g/mol. The number of hydrogen-bond acceptors (Lipinski definition) is 8. The van der Waals surface area contributed by atoms with Crippen molar-refractivity contribution < 1.29 is 15.1 Å². The first-order chi connectivity index (χ1) is 12.3. The molecule has 1 heterocycles. The molecule has 1 atom stereocenters. The van der Waals surface area contributed by atoms with Crippen molar-refractivity contribution in [3.63, 3.8) is 0 Å². The minimum atomic E-state index is -0.938. The predicted octanol–water partition coefficient (Wildman–Crippen LogP) is 2.44. The van der Waals surface area contributed by atoms with E-state index in [0.29, 0.717) is 0 Å². The zero-order valence-electron chi connectivity index (χ0n) is 13.9. The number of aliphatic hydroxyl groups is 1. The number of non-ortho nitro benzene ring substituents is 1. The van der Waals surface area contributed by atoms with Gasteiger partial charge in [0.1, 0.15) is 11.6 Å². The molecule has 1 unspecified atom stereocenters. The zero-order chi connectivity index (χ0) is 19.4. The summed E-state index contributed by atoms with van der Waals surface area (Å²) in [6, 6.07) is 6.99. The largest absolute Gasteiger partial charge is 0.493 e. The molecule has 0 amide bonds. The molecule has 1 aromatic carbocycles. The summed E-state index contributed by atoms with van der Waals surface area (Å²) in [7, 11) is 0. The first kappa shape index (κ1) is 18.8. The Morgan fingerprint density at radius 2 is 1.96 bits per heavy atom. The Labute approximate surface area is 147 Å². The number of aromatic nitrogens is 1. The summed E-state index contributed by atoms with van der Waals surface area (Å²) < 4.78 is 0.848. The van der Waals surface area contributed by atoms with Crippen LogP contribution in [-0.4, -0.2) is 25.8 Å². The van der Waals surface area contributed by atoms with E-state index in [9.17, 15) is 30.4 Å². The first-order valence-corrected chi connectivity index (χ1v) is 7.47. The number of aliphatic hydroxyl groups excluding tert-OH is 1. The smallest absolute Gasteiger partial charge is 0.281 e. The lowest BCUT2D eigenvalue weighted by molar-refractivity contribution is -0.384. The highest BCUT2D eigenvalue weighted by Gasteiger charge is 2.20. The number of aromatic hydroxyl groups is 1. The van der Waals surface area contributed by atoms with Gasteiger partial charge in [-0.15, -0.1) is 5.11 Å². The summed E-state index contributed by atoms with van der Waals surface area (Å²) in [6.45, 7) is 2.64. The Balaban J connectivity index is 2.53. The number of rotatable bonds is 5. The third-order valence-corrected chi connectivity index (χ3v) is 3.54. The number of benzene rings is 1. The van der Waals surface area contributed by atoms with Gasteiger partial charge in [0.15, 0.2) is 5.69 Å². The fourth-order valence-electron chi connectivity index (χ4n) is 2.24. The molecule has 0 aliphatic rings. The molecule has 10 heteroatoms. The maximum absolute atomic E-state index is 12.5. The van der Waals surface area contributed by atoms with E-state index in [0.717, 1.165) is 4.57 Å². The van der Waals surface area contributed by atoms with E-state index in [1.165, 1.54) is 38.1 Å². The summed E-state index contributed by atoms with van der Waals surface area (Å²) in [5, 5.41) is 47.1. The van der Waals surface area contributed by atoms with Gasteiger partial charge in [0, 0.05) is 17.7 Å². The molecule has 1 aromatic heterocycles. The van der Waals surface area contributed by atoms with E-state index >= 15 is 0 Å². The summed E-state index contributed by atoms with van der Waals surface area (Å²) >= 11 is 0. The molecule has 0 spiro atoms. The van der Waals surface area contributed by atoms with Gasteiger partial charge in [0.25, 0.3) is 11.2 Å². The van der Waals surface area contributed by atoms with Crippen LogP contribution in [0.2, 0.25) is 0 Å². The predicted molar refractivity (Wildman–Crippen MR) is 90.8 cm³/mol. The quantitative estimate of drug-likeness (QED) is 0.476. The zero-order valence-corrected chi connectivity index (χ0v) is 13.9. The van der Waals surface area contributed by atoms with Crippen LogP contribution in [0.1, 0.15) is 18.1 Å². The van der Waals surface area contributed by atoms with Crippen LogP contribution < -0.4 is 5.56 Å². The average molecular weight is 357 g/mol. The molecule has 2 rings (SSSR count). The van der Waals surface area contributed by atoms with Crippen molar-refractivity contribution in [2.24, 2.45) is 10.2 Å². The number of nitro benzene ring substituents is 1. The topological polar surface area (TPSA) is 154 Å². The number of azo groups is 1. The molecule has 0 fully saturated rings. The Morgan fingerprint density at radius 3 is 2.46 bits per heavy atom. The number of nitrogens with zero attached hydrogens (tertiary/aromatic N) is 5. The third kappa shape index (κ3) is 3.73. The van der Waals surface area contributed by atoms with Crippen LogP contribution in [0.3, 0.4) is 0 Å². The second-order valence-electron chi connectivity index (χ2n) is 5.52. The highest BCUT2D eigenvalue weighted by Crippen LogP contribution is 2.27. The number of hydrogen-bond donors (Lipinski definition) is 2. The number of nitriles is 1. The van der Waals surface area contributed by atoms with Crippen molar-refractivity contribution >= 4 is 17.1 Å². The van der Waals surface area contributed by atoms with Gasteiger partial charge < -0.3 is 10.2 Å². The number of pyridine rings is 1. The summed E-state index contributed by atoms with van der Waals surface area (Å²) in [4.78, 5) is 22.6. The minimum Gasteiger partial charge on any atom is -0.493 e. The normalized spacial score (nSPS) is 12.1. The monoisotopic (exact) mass is 357 g/mol. The summed E-state index contributed by atoms with van der Waals surface area (Å²) in [5.74, 6) is -0.551. The summed E-state index contributed by atoms with van der Waals surface area (Å²) in [5.41, 5.74) is -0.742. The maximum atomic E-state index is 12.5. The second kappa shape index (κ2) is 7.54. The molecular formula is C16H15N5O5. The Morgan fingerprint density at radius 1 is 1.35 bits per heavy atom. The highest BCUT2D eigenvalue weighted by molar-refractivity contribution is 5.57. The Hall–Kier alpha value is -3.58. The Bertz CT molecular complexity index is 970. The van der Waals surface area contributed by atoms with E-state index in [1.807, 2.05) is 0 Å². The fourth-order valence-corrected chi connectivity index (χ4v) is 2.24. The molecule has 0 saturated carbocycles. The van der Waals surface area contributed by atoms with Crippen molar-refractivity contribution in [3.8, 4) is 11.9 Å². The molecule has 2 aromatic rings. The van der Waals surface area contributed by atoms with Gasteiger partial charge >= 0.3 is 0 Å². The van der Waals surface area contributed by atoms with E-state index in [4.69, 9.17) is 0 Å². The molecule has 2 N–H and O–H groups in total. The molecule has 0 radical (unpaired) electrons. The van der Waals surface area contributed by atoms with Gasteiger partial charge in [-0.05, 0) is 26.0 Å². The standard InChI is InChI=1S/C16H15N5O5/c1-9(22)8-20-15(23)13(7-17)10(2)14(16(20)24)19-18-11-3-5-12(6-4-11)21(25)26/h3-6,9,22-23H,8H2,1-2H3. The molecule has 134 valence electrons. The van der Waals surface area contributed by atoms with Crippen molar-refractivity contribution in [2.75, 3.05) is 0 Å². The molecule has 26 heavy (non-hydrogen) atoms. The van der Waals surface area contributed by atoms with Gasteiger partial charge in [-0.3, -0.25) is 19.5 Å². The van der Waals surface area contributed by atoms with Crippen molar-refractivity contribution in [1.82, 2.24) is 4.57 Å². The third-order valence-electron chi connectivity index (χ3n) is 3.54. The molecule has 10 nitrogen and oxygen atoms in total. The molecule has 0 aliphatic heterocycles. The van der Waals surface area contributed by atoms with Crippen LogP contribution in [0, 0.1) is 28.4 Å². The van der Waals surface area contributed by atoms with E-state index < -0.39 is 22.5 Å². The van der Waals surface area contributed by atoms with Crippen LogP contribution in [0.4, 0.5) is 17.1 Å². The van der Waals surface area contributed by atoms with Crippen molar-refractivity contribution in [2.45, 2.75) is 26.5 Å². The average Bonchev–Trinajstić information content (AvgIpc) is 2.59. The highest BCUT2D eigenvalue weighted by atomic mass is 16.6. The second-order valence-corrected chi connectivity index (χ2v) is 5.52. The van der Waals surface area contributed by atoms with Gasteiger partial charge in [-0.25, -0.2) is 0 Å². The maximum Gasteiger partial charge on any atom is 0.281 e. The van der Waals surface area contributed by atoms with E-state index in [-0.39, 0.29) is 34.7 Å². The SMILES string of the molecule is Cc1c(C#N)c(O)n(CC(C)O)c(=O)c1N=Nc1ccc([N+](=O)[O-])cc1. The first-order valence-electron chi connectivity index (χ1n) is 7.47. The van der Waals surface area contributed by atoms with Gasteiger partial charge in [0.05, 0.1) is 23.3 Å². The lowest BCUT2D eigenvalue weighted by Crippen LogP contribution is -2.26. The van der Waals surface area contributed by atoms with E-state index in [1.54, 1.807) is 6.07 Å². The fraction of sp³-hybridized carbons (Fsp3) is 0.250. The summed E-state index contributed by atoms with van der Waals surface area (Å²) in [6.07, 6.45) is -0.938.